The summed E-state index contributed by atoms with van der Waals surface area (Å²) < 4.78 is 7.51. The first-order valence-electron chi connectivity index (χ1n) is 8.17. The Balaban J connectivity index is 1.39. The Morgan fingerprint density at radius 2 is 1.96 bits per heavy atom. The standard InChI is InChI=1S/C16H24N4O3/c1-12(21)20-9-14(10-20)23-11-16(22)19-7-4-13(5-8-19)15-3-6-17-18(15)2/h3,6,13-14H,4-5,7-11H2,1-2H3. The van der Waals surface area contributed by atoms with Crippen LogP contribution in [0.25, 0.3) is 0 Å². The molecule has 0 aromatic carbocycles. The summed E-state index contributed by atoms with van der Waals surface area (Å²) in [5, 5.41) is 4.22. The van der Waals surface area contributed by atoms with Gasteiger partial charge in [-0.1, -0.05) is 0 Å². The van der Waals surface area contributed by atoms with Crippen LogP contribution in [0, 0.1) is 0 Å². The average Bonchev–Trinajstić information content (AvgIpc) is 2.91. The first-order chi connectivity index (χ1) is 11.0. The third-order valence-electron chi connectivity index (χ3n) is 4.86. The number of rotatable bonds is 4. The van der Waals surface area contributed by atoms with Gasteiger partial charge in [0.25, 0.3) is 0 Å². The maximum absolute atomic E-state index is 12.2. The molecule has 0 bridgehead atoms. The molecule has 2 amide bonds. The second-order valence-corrected chi connectivity index (χ2v) is 6.39. The molecule has 0 saturated carbocycles. The number of hydrogen-bond acceptors (Lipinski definition) is 4. The summed E-state index contributed by atoms with van der Waals surface area (Å²) in [4.78, 5) is 26.9. The molecule has 0 radical (unpaired) electrons. The van der Waals surface area contributed by atoms with Gasteiger partial charge in [0.2, 0.25) is 11.8 Å². The highest BCUT2D eigenvalue weighted by Crippen LogP contribution is 2.27. The maximum atomic E-state index is 12.2. The van der Waals surface area contributed by atoms with Gasteiger partial charge in [0.1, 0.15) is 6.61 Å². The molecule has 2 fully saturated rings. The highest BCUT2D eigenvalue weighted by atomic mass is 16.5. The Bertz CT molecular complexity index is 572. The number of aryl methyl sites for hydroxylation is 1. The van der Waals surface area contributed by atoms with Gasteiger partial charge in [-0.15, -0.1) is 0 Å². The molecule has 1 aromatic heterocycles. The SMILES string of the molecule is CC(=O)N1CC(OCC(=O)N2CCC(c3ccnn3C)CC2)C1. The number of aromatic nitrogens is 2. The summed E-state index contributed by atoms with van der Waals surface area (Å²) >= 11 is 0. The van der Waals surface area contributed by atoms with Gasteiger partial charge in [-0.05, 0) is 18.9 Å². The Kier molecular flexibility index (Phi) is 4.66. The fourth-order valence-corrected chi connectivity index (χ4v) is 3.29. The van der Waals surface area contributed by atoms with Gasteiger partial charge < -0.3 is 14.5 Å². The number of ether oxygens (including phenoxy) is 1. The van der Waals surface area contributed by atoms with Crippen LogP contribution < -0.4 is 0 Å². The van der Waals surface area contributed by atoms with E-state index in [1.54, 1.807) is 11.8 Å². The third kappa shape index (κ3) is 3.55. The fraction of sp³-hybridized carbons (Fsp3) is 0.688. The molecule has 0 aliphatic carbocycles. The molecule has 2 aliphatic rings. The van der Waals surface area contributed by atoms with E-state index in [0.717, 1.165) is 25.9 Å². The maximum Gasteiger partial charge on any atom is 0.248 e. The fourth-order valence-electron chi connectivity index (χ4n) is 3.29. The van der Waals surface area contributed by atoms with E-state index in [2.05, 4.69) is 11.2 Å². The van der Waals surface area contributed by atoms with Crippen molar-refractivity contribution >= 4 is 11.8 Å². The zero-order valence-electron chi connectivity index (χ0n) is 13.8. The number of likely N-dealkylation sites (tertiary alicyclic amines) is 2. The Hall–Kier alpha value is -1.89. The average molecular weight is 320 g/mol. The molecule has 0 atom stereocenters. The predicted molar refractivity (Wildman–Crippen MR) is 83.8 cm³/mol. The highest BCUT2D eigenvalue weighted by Gasteiger charge is 2.31. The molecular formula is C16H24N4O3. The molecular weight excluding hydrogens is 296 g/mol. The first kappa shape index (κ1) is 16.0. The van der Waals surface area contributed by atoms with Crippen molar-refractivity contribution in [2.75, 3.05) is 32.8 Å². The Morgan fingerprint density at radius 3 is 2.52 bits per heavy atom. The van der Waals surface area contributed by atoms with Crippen molar-refractivity contribution in [2.24, 2.45) is 7.05 Å². The number of carbonyl (C=O) groups is 2. The van der Waals surface area contributed by atoms with Crippen molar-refractivity contribution in [3.63, 3.8) is 0 Å². The lowest BCUT2D eigenvalue weighted by Crippen LogP contribution is -2.55. The molecule has 2 aliphatic heterocycles. The molecule has 126 valence electrons. The van der Waals surface area contributed by atoms with Gasteiger partial charge in [0.15, 0.2) is 0 Å². The van der Waals surface area contributed by atoms with Crippen LogP contribution in [0.2, 0.25) is 0 Å². The molecule has 0 unspecified atom stereocenters. The summed E-state index contributed by atoms with van der Waals surface area (Å²) in [5.41, 5.74) is 1.24. The molecule has 3 heterocycles. The van der Waals surface area contributed by atoms with E-state index in [0.29, 0.717) is 19.0 Å². The van der Waals surface area contributed by atoms with Crippen LogP contribution in [0.15, 0.2) is 12.3 Å². The van der Waals surface area contributed by atoms with Gasteiger partial charge in [-0.25, -0.2) is 0 Å². The zero-order chi connectivity index (χ0) is 16.4. The van der Waals surface area contributed by atoms with E-state index >= 15 is 0 Å². The largest absolute Gasteiger partial charge is 0.365 e. The number of amides is 2. The quantitative estimate of drug-likeness (QED) is 0.804. The Labute approximate surface area is 136 Å². The van der Waals surface area contributed by atoms with Crippen LogP contribution in [0.4, 0.5) is 0 Å². The van der Waals surface area contributed by atoms with Gasteiger partial charge in [0, 0.05) is 58.0 Å². The van der Waals surface area contributed by atoms with Gasteiger partial charge in [-0.2, -0.15) is 5.10 Å². The van der Waals surface area contributed by atoms with E-state index in [1.165, 1.54) is 5.69 Å². The lowest BCUT2D eigenvalue weighted by molar-refractivity contribution is -0.150. The normalized spacial score (nSPS) is 19.7. The van der Waals surface area contributed by atoms with E-state index in [-0.39, 0.29) is 24.5 Å². The van der Waals surface area contributed by atoms with Crippen LogP contribution in [-0.4, -0.2) is 70.3 Å². The van der Waals surface area contributed by atoms with E-state index in [4.69, 9.17) is 4.74 Å². The van der Waals surface area contributed by atoms with Crippen LogP contribution in [-0.2, 0) is 21.4 Å². The number of hydrogen-bond donors (Lipinski definition) is 0. The second kappa shape index (κ2) is 6.70. The van der Waals surface area contributed by atoms with E-state index in [9.17, 15) is 9.59 Å². The van der Waals surface area contributed by atoms with Crippen LogP contribution in [0.3, 0.4) is 0 Å². The van der Waals surface area contributed by atoms with Crippen LogP contribution in [0.1, 0.15) is 31.4 Å². The molecule has 7 nitrogen and oxygen atoms in total. The summed E-state index contributed by atoms with van der Waals surface area (Å²) in [6, 6.07) is 2.06. The molecule has 0 spiro atoms. The van der Waals surface area contributed by atoms with Crippen molar-refractivity contribution in [1.29, 1.82) is 0 Å². The summed E-state index contributed by atoms with van der Waals surface area (Å²) in [5.74, 6) is 0.589. The highest BCUT2D eigenvalue weighted by molar-refractivity contribution is 5.77. The number of nitrogens with zero attached hydrogens (tertiary/aromatic N) is 4. The summed E-state index contributed by atoms with van der Waals surface area (Å²) in [6.07, 6.45) is 3.76. The second-order valence-electron chi connectivity index (χ2n) is 6.39. The molecule has 23 heavy (non-hydrogen) atoms. The predicted octanol–water partition coefficient (Wildman–Crippen LogP) is 0.373. The third-order valence-corrected chi connectivity index (χ3v) is 4.86. The minimum absolute atomic E-state index is 0.00910. The van der Waals surface area contributed by atoms with Crippen LogP contribution in [0.5, 0.6) is 0 Å². The minimum atomic E-state index is 0.00910. The number of piperidine rings is 1. The smallest absolute Gasteiger partial charge is 0.248 e. The van der Waals surface area contributed by atoms with Gasteiger partial charge >= 0.3 is 0 Å². The topological polar surface area (TPSA) is 67.7 Å². The van der Waals surface area contributed by atoms with Gasteiger partial charge in [-0.3, -0.25) is 14.3 Å². The van der Waals surface area contributed by atoms with Crippen molar-refractivity contribution in [2.45, 2.75) is 31.8 Å². The molecule has 3 rings (SSSR count). The minimum Gasteiger partial charge on any atom is -0.365 e. The van der Waals surface area contributed by atoms with Crippen molar-refractivity contribution in [3.05, 3.63) is 18.0 Å². The van der Waals surface area contributed by atoms with Gasteiger partial charge in [0.05, 0.1) is 6.10 Å². The zero-order valence-corrected chi connectivity index (χ0v) is 13.8. The summed E-state index contributed by atoms with van der Waals surface area (Å²) in [7, 11) is 1.96. The lowest BCUT2D eigenvalue weighted by atomic mass is 9.93. The summed E-state index contributed by atoms with van der Waals surface area (Å²) in [6.45, 7) is 4.40. The Morgan fingerprint density at radius 1 is 1.26 bits per heavy atom. The van der Waals surface area contributed by atoms with E-state index < -0.39 is 0 Å². The molecule has 1 aromatic rings. The molecule has 2 saturated heterocycles. The molecule has 0 N–H and O–H groups in total. The van der Waals surface area contributed by atoms with Crippen LogP contribution >= 0.6 is 0 Å². The van der Waals surface area contributed by atoms with Crippen molar-refractivity contribution < 1.29 is 14.3 Å². The van der Waals surface area contributed by atoms with Crippen molar-refractivity contribution in [3.8, 4) is 0 Å². The monoisotopic (exact) mass is 320 g/mol. The molecule has 7 heteroatoms. The van der Waals surface area contributed by atoms with Crippen molar-refractivity contribution in [1.82, 2.24) is 19.6 Å². The van der Waals surface area contributed by atoms with E-state index in [1.807, 2.05) is 22.8 Å². The lowest BCUT2D eigenvalue weighted by Gasteiger charge is -2.38. The first-order valence-corrected chi connectivity index (χ1v) is 8.17. The number of carbonyl (C=O) groups excluding carboxylic acids is 2.